The topological polar surface area (TPSA) is 99.2 Å². The fourth-order valence-corrected chi connectivity index (χ4v) is 1.89. The van der Waals surface area contributed by atoms with Crippen LogP contribution in [0.4, 0.5) is 36.3 Å². The third kappa shape index (κ3) is 5.60. The molecule has 0 saturated heterocycles. The molecule has 0 bridgehead atoms. The summed E-state index contributed by atoms with van der Waals surface area (Å²) in [5.74, 6) is -0.540. The van der Waals surface area contributed by atoms with Crippen molar-refractivity contribution < 1.29 is 23.1 Å². The van der Waals surface area contributed by atoms with Gasteiger partial charge in [0.2, 0.25) is 11.9 Å². The summed E-state index contributed by atoms with van der Waals surface area (Å²) in [6.45, 7) is 1.12. The number of carbonyl (C=O) groups excluding carboxylic acids is 1. The third-order valence-corrected chi connectivity index (χ3v) is 2.89. The van der Waals surface area contributed by atoms with E-state index in [4.69, 9.17) is 5.11 Å². The monoisotopic (exact) mass is 355 g/mol. The Bertz CT molecular complexity index is 735. The SMILES string of the molecule is CC(=O)Nc1ccc(Nc2cc(C(F)(F)F)nc(NCCO)n2)cc1. The summed E-state index contributed by atoms with van der Waals surface area (Å²) in [4.78, 5) is 18.3. The molecule has 1 aromatic carbocycles. The van der Waals surface area contributed by atoms with Gasteiger partial charge in [-0.25, -0.2) is 4.98 Å². The van der Waals surface area contributed by atoms with Crippen LogP contribution in [0.1, 0.15) is 12.6 Å². The first-order valence-electron chi connectivity index (χ1n) is 7.23. The number of benzene rings is 1. The molecule has 0 aliphatic heterocycles. The summed E-state index contributed by atoms with van der Waals surface area (Å²) in [5, 5.41) is 16.6. The Morgan fingerprint density at radius 3 is 2.36 bits per heavy atom. The fourth-order valence-electron chi connectivity index (χ4n) is 1.89. The Labute approximate surface area is 141 Å². The van der Waals surface area contributed by atoms with E-state index in [-0.39, 0.29) is 30.8 Å². The van der Waals surface area contributed by atoms with E-state index in [9.17, 15) is 18.0 Å². The Morgan fingerprint density at radius 2 is 1.80 bits per heavy atom. The Balaban J connectivity index is 2.23. The maximum atomic E-state index is 12.9. The number of alkyl halides is 3. The summed E-state index contributed by atoms with van der Waals surface area (Å²) in [6.07, 6.45) is -4.63. The normalized spacial score (nSPS) is 11.1. The number of aliphatic hydroxyl groups excluding tert-OH is 1. The largest absolute Gasteiger partial charge is 0.433 e. The summed E-state index contributed by atoms with van der Waals surface area (Å²) in [7, 11) is 0. The van der Waals surface area contributed by atoms with Crippen LogP contribution in [0.15, 0.2) is 30.3 Å². The van der Waals surface area contributed by atoms with Crippen LogP contribution in [-0.4, -0.2) is 34.1 Å². The zero-order chi connectivity index (χ0) is 18.4. The number of amides is 1. The van der Waals surface area contributed by atoms with Crippen LogP contribution in [0.25, 0.3) is 0 Å². The fraction of sp³-hybridized carbons (Fsp3) is 0.267. The predicted molar refractivity (Wildman–Crippen MR) is 86.6 cm³/mol. The second-order valence-corrected chi connectivity index (χ2v) is 4.99. The van der Waals surface area contributed by atoms with E-state index in [0.717, 1.165) is 6.07 Å². The smallest absolute Gasteiger partial charge is 0.395 e. The van der Waals surface area contributed by atoms with Crippen molar-refractivity contribution in [2.45, 2.75) is 13.1 Å². The van der Waals surface area contributed by atoms with Gasteiger partial charge in [0.1, 0.15) is 5.82 Å². The summed E-state index contributed by atoms with van der Waals surface area (Å²) >= 11 is 0. The van der Waals surface area contributed by atoms with Gasteiger partial charge in [0.25, 0.3) is 0 Å². The minimum absolute atomic E-state index is 0.0200. The van der Waals surface area contributed by atoms with Crippen LogP contribution in [-0.2, 0) is 11.0 Å². The number of hydrogen-bond donors (Lipinski definition) is 4. The first-order valence-corrected chi connectivity index (χ1v) is 7.23. The number of halogens is 3. The lowest BCUT2D eigenvalue weighted by Crippen LogP contribution is -2.15. The number of aromatic nitrogens is 2. The number of carbonyl (C=O) groups is 1. The lowest BCUT2D eigenvalue weighted by Gasteiger charge is -2.13. The molecule has 0 fully saturated rings. The summed E-state index contributed by atoms with van der Waals surface area (Å²) in [5.41, 5.74) is -0.0728. The van der Waals surface area contributed by atoms with Crippen LogP contribution in [0.3, 0.4) is 0 Å². The lowest BCUT2D eigenvalue weighted by molar-refractivity contribution is -0.141. The summed E-state index contributed by atoms with van der Waals surface area (Å²) < 4.78 is 38.8. The molecule has 0 spiro atoms. The molecule has 25 heavy (non-hydrogen) atoms. The zero-order valence-corrected chi connectivity index (χ0v) is 13.2. The van der Waals surface area contributed by atoms with Crippen LogP contribution >= 0.6 is 0 Å². The van der Waals surface area contributed by atoms with E-state index in [1.54, 1.807) is 24.3 Å². The van der Waals surface area contributed by atoms with E-state index in [0.29, 0.717) is 11.4 Å². The van der Waals surface area contributed by atoms with Gasteiger partial charge in [0, 0.05) is 30.9 Å². The number of nitrogens with one attached hydrogen (secondary N) is 3. The van der Waals surface area contributed by atoms with Crippen molar-refractivity contribution in [3.8, 4) is 0 Å². The molecule has 1 aromatic heterocycles. The van der Waals surface area contributed by atoms with Crippen molar-refractivity contribution in [3.05, 3.63) is 36.0 Å². The van der Waals surface area contributed by atoms with Crippen LogP contribution in [0.2, 0.25) is 0 Å². The van der Waals surface area contributed by atoms with Crippen LogP contribution in [0.5, 0.6) is 0 Å². The number of anilines is 4. The molecule has 0 radical (unpaired) electrons. The van der Waals surface area contributed by atoms with Crippen molar-refractivity contribution >= 4 is 29.0 Å². The number of aliphatic hydroxyl groups is 1. The second kappa shape index (κ2) is 7.79. The average molecular weight is 355 g/mol. The minimum atomic E-state index is -4.63. The Hall–Kier alpha value is -2.88. The molecule has 4 N–H and O–H groups in total. The van der Waals surface area contributed by atoms with Gasteiger partial charge in [-0.05, 0) is 24.3 Å². The van der Waals surface area contributed by atoms with E-state index in [2.05, 4.69) is 25.9 Å². The van der Waals surface area contributed by atoms with E-state index < -0.39 is 11.9 Å². The first-order chi connectivity index (χ1) is 11.8. The number of rotatable bonds is 6. The number of nitrogens with zero attached hydrogens (tertiary/aromatic N) is 2. The predicted octanol–water partition coefficient (Wildman–Crippen LogP) is 2.60. The standard InChI is InChI=1S/C15H16F3N5O2/c1-9(25)20-10-2-4-11(5-3-10)21-13-8-12(15(16,17)18)22-14(23-13)19-6-7-24/h2-5,8,24H,6-7H2,1H3,(H,20,25)(H2,19,21,22,23). The van der Waals surface area contributed by atoms with Gasteiger partial charge in [-0.2, -0.15) is 18.2 Å². The van der Waals surface area contributed by atoms with Crippen molar-refractivity contribution in [1.82, 2.24) is 9.97 Å². The second-order valence-electron chi connectivity index (χ2n) is 4.99. The molecule has 10 heteroatoms. The Kier molecular flexibility index (Phi) is 5.75. The lowest BCUT2D eigenvalue weighted by atomic mass is 10.2. The van der Waals surface area contributed by atoms with Gasteiger partial charge in [0.05, 0.1) is 6.61 Å². The van der Waals surface area contributed by atoms with Crippen LogP contribution in [0, 0.1) is 0 Å². The minimum Gasteiger partial charge on any atom is -0.395 e. The van der Waals surface area contributed by atoms with Gasteiger partial charge in [0.15, 0.2) is 5.69 Å². The van der Waals surface area contributed by atoms with Crippen molar-refractivity contribution in [2.24, 2.45) is 0 Å². The Morgan fingerprint density at radius 1 is 1.16 bits per heavy atom. The highest BCUT2D eigenvalue weighted by atomic mass is 19.4. The summed E-state index contributed by atoms with van der Waals surface area (Å²) in [6, 6.07) is 7.15. The molecular formula is C15H16F3N5O2. The molecule has 1 amide bonds. The quantitative estimate of drug-likeness (QED) is 0.636. The highest BCUT2D eigenvalue weighted by Gasteiger charge is 2.33. The molecular weight excluding hydrogens is 339 g/mol. The van der Waals surface area contributed by atoms with Gasteiger partial charge >= 0.3 is 6.18 Å². The molecule has 2 aromatic rings. The van der Waals surface area contributed by atoms with Gasteiger partial charge in [-0.15, -0.1) is 0 Å². The zero-order valence-electron chi connectivity index (χ0n) is 13.2. The van der Waals surface area contributed by atoms with E-state index >= 15 is 0 Å². The molecule has 0 aliphatic carbocycles. The molecule has 0 aliphatic rings. The highest BCUT2D eigenvalue weighted by molar-refractivity contribution is 5.88. The number of hydrogen-bond acceptors (Lipinski definition) is 6. The first kappa shape index (κ1) is 18.5. The molecule has 0 saturated carbocycles. The average Bonchev–Trinajstić information content (AvgIpc) is 2.53. The van der Waals surface area contributed by atoms with Crippen molar-refractivity contribution in [2.75, 3.05) is 29.1 Å². The van der Waals surface area contributed by atoms with Gasteiger partial charge < -0.3 is 21.1 Å². The molecule has 0 atom stereocenters. The molecule has 1 heterocycles. The van der Waals surface area contributed by atoms with Gasteiger partial charge in [-0.1, -0.05) is 0 Å². The van der Waals surface area contributed by atoms with Crippen molar-refractivity contribution in [1.29, 1.82) is 0 Å². The van der Waals surface area contributed by atoms with E-state index in [1.807, 2.05) is 0 Å². The third-order valence-electron chi connectivity index (χ3n) is 2.89. The molecule has 2 rings (SSSR count). The molecule has 134 valence electrons. The van der Waals surface area contributed by atoms with Crippen LogP contribution < -0.4 is 16.0 Å². The highest BCUT2D eigenvalue weighted by Crippen LogP contribution is 2.30. The maximum absolute atomic E-state index is 12.9. The molecule has 7 nitrogen and oxygen atoms in total. The van der Waals surface area contributed by atoms with Gasteiger partial charge in [-0.3, -0.25) is 4.79 Å². The maximum Gasteiger partial charge on any atom is 0.433 e. The van der Waals surface area contributed by atoms with E-state index in [1.165, 1.54) is 6.92 Å². The molecule has 0 unspecified atom stereocenters. The van der Waals surface area contributed by atoms with Crippen molar-refractivity contribution in [3.63, 3.8) is 0 Å².